The minimum absolute atomic E-state index is 0.0474. The molecule has 0 bridgehead atoms. The molecule has 1 amide bonds. The van der Waals surface area contributed by atoms with E-state index in [1.807, 2.05) is 0 Å². The van der Waals surface area contributed by atoms with Crippen LogP contribution in [0.5, 0.6) is 11.6 Å². The number of nitrogens with zero attached hydrogens (tertiary/aromatic N) is 1. The van der Waals surface area contributed by atoms with Crippen molar-refractivity contribution in [2.75, 3.05) is 11.9 Å². The zero-order valence-corrected chi connectivity index (χ0v) is 14.2. The maximum absolute atomic E-state index is 12.3. The summed E-state index contributed by atoms with van der Waals surface area (Å²) in [5.41, 5.74) is 0.676. The first-order chi connectivity index (χ1) is 11.6. The lowest BCUT2D eigenvalue weighted by atomic mass is 9.92. The van der Waals surface area contributed by atoms with E-state index in [1.165, 1.54) is 0 Å². The fourth-order valence-electron chi connectivity index (χ4n) is 2.75. The molecule has 2 aromatic rings. The van der Waals surface area contributed by atoms with E-state index >= 15 is 0 Å². The molecule has 6 heteroatoms. The van der Waals surface area contributed by atoms with Crippen LogP contribution in [0.25, 0.3) is 0 Å². The number of carbonyl (C=O) groups excluding carboxylic acids is 1. The SMILES string of the molecule is C[C@H]1C[C@@H](C(=O)Nc2ccc(Oc3ccc(Cl)cc3)nc2)CCN1. The van der Waals surface area contributed by atoms with Crippen molar-refractivity contribution in [2.45, 2.75) is 25.8 Å². The molecular formula is C18H20ClN3O2. The van der Waals surface area contributed by atoms with Gasteiger partial charge >= 0.3 is 0 Å². The third-order valence-corrected chi connectivity index (χ3v) is 4.29. The first-order valence-corrected chi connectivity index (χ1v) is 8.41. The van der Waals surface area contributed by atoms with E-state index < -0.39 is 0 Å². The van der Waals surface area contributed by atoms with Crippen molar-refractivity contribution in [2.24, 2.45) is 5.92 Å². The van der Waals surface area contributed by atoms with Crippen LogP contribution in [0.15, 0.2) is 42.6 Å². The predicted octanol–water partition coefficient (Wildman–Crippen LogP) is 3.85. The molecule has 2 N–H and O–H groups in total. The van der Waals surface area contributed by atoms with Gasteiger partial charge in [0.25, 0.3) is 0 Å². The van der Waals surface area contributed by atoms with Gasteiger partial charge in [0.15, 0.2) is 0 Å². The number of hydrogen-bond donors (Lipinski definition) is 2. The van der Waals surface area contributed by atoms with Gasteiger partial charge in [0, 0.05) is 23.0 Å². The Kier molecular flexibility index (Phi) is 5.33. The van der Waals surface area contributed by atoms with Crippen molar-refractivity contribution in [3.63, 3.8) is 0 Å². The summed E-state index contributed by atoms with van der Waals surface area (Å²) in [6.07, 6.45) is 3.33. The van der Waals surface area contributed by atoms with Crippen molar-refractivity contribution in [1.29, 1.82) is 0 Å². The summed E-state index contributed by atoms with van der Waals surface area (Å²) in [5, 5.41) is 6.93. The van der Waals surface area contributed by atoms with E-state index in [4.69, 9.17) is 16.3 Å². The minimum atomic E-state index is 0.0474. The molecule has 1 fully saturated rings. The normalized spacial score (nSPS) is 20.4. The number of rotatable bonds is 4. The van der Waals surface area contributed by atoms with E-state index in [0.29, 0.717) is 28.4 Å². The van der Waals surface area contributed by atoms with Gasteiger partial charge in [0.05, 0.1) is 11.9 Å². The van der Waals surface area contributed by atoms with Gasteiger partial charge in [-0.3, -0.25) is 4.79 Å². The minimum Gasteiger partial charge on any atom is -0.439 e. The Morgan fingerprint density at radius 3 is 2.75 bits per heavy atom. The lowest BCUT2D eigenvalue weighted by Gasteiger charge is -2.27. The number of aromatic nitrogens is 1. The molecule has 2 atom stereocenters. The van der Waals surface area contributed by atoms with Crippen LogP contribution >= 0.6 is 11.6 Å². The number of ether oxygens (including phenoxy) is 1. The van der Waals surface area contributed by atoms with E-state index in [-0.39, 0.29) is 11.8 Å². The number of benzene rings is 1. The zero-order valence-electron chi connectivity index (χ0n) is 13.5. The van der Waals surface area contributed by atoms with E-state index in [2.05, 4.69) is 22.5 Å². The summed E-state index contributed by atoms with van der Waals surface area (Å²) >= 11 is 5.84. The van der Waals surface area contributed by atoms with Crippen molar-refractivity contribution in [1.82, 2.24) is 10.3 Å². The number of nitrogens with one attached hydrogen (secondary N) is 2. The highest BCUT2D eigenvalue weighted by Gasteiger charge is 2.24. The van der Waals surface area contributed by atoms with Gasteiger partial charge in [-0.05, 0) is 56.6 Å². The van der Waals surface area contributed by atoms with Crippen molar-refractivity contribution < 1.29 is 9.53 Å². The number of pyridine rings is 1. The van der Waals surface area contributed by atoms with Gasteiger partial charge in [-0.25, -0.2) is 4.98 Å². The number of hydrogen-bond acceptors (Lipinski definition) is 4. The summed E-state index contributed by atoms with van der Waals surface area (Å²) in [6, 6.07) is 11.0. The molecule has 0 saturated carbocycles. The lowest BCUT2D eigenvalue weighted by molar-refractivity contribution is -0.120. The van der Waals surface area contributed by atoms with Crippen molar-refractivity contribution in [3.05, 3.63) is 47.6 Å². The second kappa shape index (κ2) is 7.64. The molecule has 0 aliphatic carbocycles. The second-order valence-corrected chi connectivity index (χ2v) is 6.44. The van der Waals surface area contributed by atoms with Gasteiger partial charge in [0.2, 0.25) is 11.8 Å². The Morgan fingerprint density at radius 1 is 1.29 bits per heavy atom. The summed E-state index contributed by atoms with van der Waals surface area (Å²) in [6.45, 7) is 2.98. The molecule has 1 aliphatic rings. The van der Waals surface area contributed by atoms with E-state index in [0.717, 1.165) is 19.4 Å². The third kappa shape index (κ3) is 4.46. The van der Waals surface area contributed by atoms with Gasteiger partial charge in [-0.15, -0.1) is 0 Å². The molecule has 0 unspecified atom stereocenters. The highest BCUT2D eigenvalue weighted by Crippen LogP contribution is 2.23. The Balaban J connectivity index is 1.58. The summed E-state index contributed by atoms with van der Waals surface area (Å²) in [7, 11) is 0. The maximum Gasteiger partial charge on any atom is 0.227 e. The van der Waals surface area contributed by atoms with Crippen molar-refractivity contribution >= 4 is 23.2 Å². The molecule has 5 nitrogen and oxygen atoms in total. The quantitative estimate of drug-likeness (QED) is 0.883. The van der Waals surface area contributed by atoms with Crippen LogP contribution in [-0.4, -0.2) is 23.5 Å². The molecule has 1 aromatic carbocycles. The van der Waals surface area contributed by atoms with Crippen LogP contribution in [0.1, 0.15) is 19.8 Å². The largest absolute Gasteiger partial charge is 0.439 e. The van der Waals surface area contributed by atoms with Crippen molar-refractivity contribution in [3.8, 4) is 11.6 Å². The zero-order chi connectivity index (χ0) is 16.9. The first kappa shape index (κ1) is 16.7. The fourth-order valence-corrected chi connectivity index (χ4v) is 2.88. The Labute approximate surface area is 146 Å². The highest BCUT2D eigenvalue weighted by molar-refractivity contribution is 6.30. The number of carbonyl (C=O) groups is 1. The van der Waals surface area contributed by atoms with Gasteiger partial charge in [-0.1, -0.05) is 11.6 Å². The number of amides is 1. The highest BCUT2D eigenvalue weighted by atomic mass is 35.5. The van der Waals surface area contributed by atoms with E-state index in [9.17, 15) is 4.79 Å². The molecule has 3 rings (SSSR count). The molecule has 0 radical (unpaired) electrons. The average molecular weight is 346 g/mol. The predicted molar refractivity (Wildman–Crippen MR) is 94.6 cm³/mol. The Morgan fingerprint density at radius 2 is 2.08 bits per heavy atom. The van der Waals surface area contributed by atoms with Crippen LogP contribution in [0.3, 0.4) is 0 Å². The van der Waals surface area contributed by atoms with Gasteiger partial charge in [0.1, 0.15) is 5.75 Å². The molecule has 1 aromatic heterocycles. The van der Waals surface area contributed by atoms with Crippen LogP contribution in [0, 0.1) is 5.92 Å². The summed E-state index contributed by atoms with van der Waals surface area (Å²) in [5.74, 6) is 1.22. The van der Waals surface area contributed by atoms with Crippen LogP contribution in [0.4, 0.5) is 5.69 Å². The Bertz CT molecular complexity index is 688. The molecular weight excluding hydrogens is 326 g/mol. The fraction of sp³-hybridized carbons (Fsp3) is 0.333. The maximum atomic E-state index is 12.3. The lowest BCUT2D eigenvalue weighted by Crippen LogP contribution is -2.40. The smallest absolute Gasteiger partial charge is 0.227 e. The summed E-state index contributed by atoms with van der Waals surface area (Å²) < 4.78 is 5.63. The standard InChI is InChI=1S/C18H20ClN3O2/c1-12-10-13(8-9-20-12)18(23)22-15-4-7-17(21-11-15)24-16-5-2-14(19)3-6-16/h2-7,11-13,20H,8-10H2,1H3,(H,22,23)/t12-,13-/m0/s1. The van der Waals surface area contributed by atoms with Crippen LogP contribution in [0.2, 0.25) is 5.02 Å². The topological polar surface area (TPSA) is 63.2 Å². The second-order valence-electron chi connectivity index (χ2n) is 6.01. The molecule has 126 valence electrons. The number of piperidine rings is 1. The van der Waals surface area contributed by atoms with Gasteiger partial charge < -0.3 is 15.4 Å². The monoisotopic (exact) mass is 345 g/mol. The Hall–Kier alpha value is -2.11. The average Bonchev–Trinajstić information content (AvgIpc) is 2.59. The molecule has 24 heavy (non-hydrogen) atoms. The van der Waals surface area contributed by atoms with Crippen LogP contribution < -0.4 is 15.4 Å². The number of anilines is 1. The molecule has 1 saturated heterocycles. The summed E-state index contributed by atoms with van der Waals surface area (Å²) in [4.78, 5) is 16.5. The molecule has 2 heterocycles. The van der Waals surface area contributed by atoms with Crippen LogP contribution in [-0.2, 0) is 4.79 Å². The van der Waals surface area contributed by atoms with E-state index in [1.54, 1.807) is 42.6 Å². The molecule has 0 spiro atoms. The third-order valence-electron chi connectivity index (χ3n) is 4.03. The molecule has 1 aliphatic heterocycles. The van der Waals surface area contributed by atoms with Gasteiger partial charge in [-0.2, -0.15) is 0 Å². The number of halogens is 1. The first-order valence-electron chi connectivity index (χ1n) is 8.04.